The Labute approximate surface area is 84.3 Å². The van der Waals surface area contributed by atoms with Crippen LogP contribution in [-0.4, -0.2) is 12.1 Å². The average molecular weight is 192 g/mol. The minimum atomic E-state index is -0.453. The highest BCUT2D eigenvalue weighted by molar-refractivity contribution is 5.71. The highest BCUT2D eigenvalue weighted by atomic mass is 16.2. The number of amides is 2. The fourth-order valence-corrected chi connectivity index (χ4v) is 1.34. The molecule has 1 aromatic rings. The summed E-state index contributed by atoms with van der Waals surface area (Å²) in [5.41, 5.74) is 6.30. The van der Waals surface area contributed by atoms with Gasteiger partial charge < -0.3 is 11.1 Å². The van der Waals surface area contributed by atoms with E-state index in [9.17, 15) is 4.79 Å². The van der Waals surface area contributed by atoms with Gasteiger partial charge in [0.15, 0.2) is 0 Å². The van der Waals surface area contributed by atoms with Crippen molar-refractivity contribution in [1.29, 1.82) is 0 Å². The van der Waals surface area contributed by atoms with Gasteiger partial charge in [-0.1, -0.05) is 30.3 Å². The van der Waals surface area contributed by atoms with Crippen molar-refractivity contribution < 1.29 is 4.79 Å². The Hall–Kier alpha value is -1.51. The summed E-state index contributed by atoms with van der Waals surface area (Å²) in [4.78, 5) is 10.5. The summed E-state index contributed by atoms with van der Waals surface area (Å²) >= 11 is 0. The van der Waals surface area contributed by atoms with Crippen LogP contribution in [-0.2, 0) is 6.42 Å². The lowest BCUT2D eigenvalue weighted by Crippen LogP contribution is -2.36. The van der Waals surface area contributed by atoms with Gasteiger partial charge in [0, 0.05) is 6.04 Å². The molecule has 14 heavy (non-hydrogen) atoms. The average Bonchev–Trinajstić information content (AvgIpc) is 2.15. The van der Waals surface area contributed by atoms with Crippen molar-refractivity contribution in [3.8, 4) is 0 Å². The van der Waals surface area contributed by atoms with Crippen molar-refractivity contribution in [2.45, 2.75) is 25.8 Å². The van der Waals surface area contributed by atoms with Gasteiger partial charge in [0.2, 0.25) is 0 Å². The van der Waals surface area contributed by atoms with Crippen LogP contribution in [0, 0.1) is 0 Å². The zero-order valence-electron chi connectivity index (χ0n) is 8.36. The number of carbonyl (C=O) groups is 1. The molecule has 0 fully saturated rings. The molecule has 0 aliphatic heterocycles. The van der Waals surface area contributed by atoms with Crippen LogP contribution < -0.4 is 11.1 Å². The van der Waals surface area contributed by atoms with E-state index in [1.165, 1.54) is 5.56 Å². The first kappa shape index (κ1) is 10.6. The third-order valence-corrected chi connectivity index (χ3v) is 2.10. The van der Waals surface area contributed by atoms with Crippen LogP contribution in [0.4, 0.5) is 4.79 Å². The molecule has 0 saturated carbocycles. The number of hydrogen-bond acceptors (Lipinski definition) is 1. The summed E-state index contributed by atoms with van der Waals surface area (Å²) in [5, 5.41) is 2.65. The van der Waals surface area contributed by atoms with Crippen LogP contribution in [0.2, 0.25) is 0 Å². The summed E-state index contributed by atoms with van der Waals surface area (Å²) in [6.07, 6.45) is 1.87. The number of primary amides is 1. The standard InChI is InChI=1S/C11H16N2O/c1-9(13-11(12)14)7-8-10-5-3-2-4-6-10/h2-6,9H,7-8H2,1H3,(H3,12,13,14). The number of nitrogens with one attached hydrogen (secondary N) is 1. The van der Waals surface area contributed by atoms with Crippen molar-refractivity contribution in [2.24, 2.45) is 5.73 Å². The molecule has 1 unspecified atom stereocenters. The lowest BCUT2D eigenvalue weighted by molar-refractivity contribution is 0.245. The Kier molecular flexibility index (Phi) is 3.98. The Morgan fingerprint density at radius 1 is 1.43 bits per heavy atom. The summed E-state index contributed by atoms with van der Waals surface area (Å²) in [6, 6.07) is 9.87. The predicted molar refractivity (Wildman–Crippen MR) is 56.9 cm³/mol. The molecular weight excluding hydrogens is 176 g/mol. The van der Waals surface area contributed by atoms with Gasteiger partial charge in [-0.3, -0.25) is 0 Å². The lowest BCUT2D eigenvalue weighted by atomic mass is 10.1. The van der Waals surface area contributed by atoms with E-state index in [0.717, 1.165) is 12.8 Å². The maximum absolute atomic E-state index is 10.5. The van der Waals surface area contributed by atoms with Gasteiger partial charge >= 0.3 is 6.03 Å². The third kappa shape index (κ3) is 3.94. The van der Waals surface area contributed by atoms with Crippen LogP contribution in [0.15, 0.2) is 30.3 Å². The first-order valence-corrected chi connectivity index (χ1v) is 4.78. The molecule has 3 N–H and O–H groups in total. The zero-order valence-corrected chi connectivity index (χ0v) is 8.36. The van der Waals surface area contributed by atoms with Crippen LogP contribution in [0.25, 0.3) is 0 Å². The molecule has 1 atom stereocenters. The van der Waals surface area contributed by atoms with Crippen LogP contribution in [0.3, 0.4) is 0 Å². The first-order valence-electron chi connectivity index (χ1n) is 4.78. The van der Waals surface area contributed by atoms with E-state index in [1.54, 1.807) is 0 Å². The zero-order chi connectivity index (χ0) is 10.4. The number of hydrogen-bond donors (Lipinski definition) is 2. The van der Waals surface area contributed by atoms with E-state index in [4.69, 9.17) is 5.73 Å². The number of benzene rings is 1. The summed E-state index contributed by atoms with van der Waals surface area (Å²) in [7, 11) is 0. The topological polar surface area (TPSA) is 55.1 Å². The van der Waals surface area contributed by atoms with Crippen molar-refractivity contribution >= 4 is 6.03 Å². The smallest absolute Gasteiger partial charge is 0.312 e. The molecule has 1 aromatic carbocycles. The van der Waals surface area contributed by atoms with Crippen molar-refractivity contribution in [3.63, 3.8) is 0 Å². The molecule has 2 amide bonds. The quantitative estimate of drug-likeness (QED) is 0.749. The Bertz CT molecular complexity index is 285. The second-order valence-electron chi connectivity index (χ2n) is 3.43. The summed E-state index contributed by atoms with van der Waals surface area (Å²) < 4.78 is 0. The minimum absolute atomic E-state index is 0.132. The highest BCUT2D eigenvalue weighted by Gasteiger charge is 2.03. The van der Waals surface area contributed by atoms with Crippen LogP contribution in [0.5, 0.6) is 0 Å². The molecule has 0 aliphatic carbocycles. The number of urea groups is 1. The molecule has 0 heterocycles. The number of carbonyl (C=O) groups excluding carboxylic acids is 1. The molecule has 3 nitrogen and oxygen atoms in total. The van der Waals surface area contributed by atoms with E-state index >= 15 is 0 Å². The van der Waals surface area contributed by atoms with Gasteiger partial charge in [-0.15, -0.1) is 0 Å². The van der Waals surface area contributed by atoms with Crippen molar-refractivity contribution in [1.82, 2.24) is 5.32 Å². The van der Waals surface area contributed by atoms with E-state index in [-0.39, 0.29) is 6.04 Å². The number of aryl methyl sites for hydroxylation is 1. The minimum Gasteiger partial charge on any atom is -0.352 e. The Morgan fingerprint density at radius 3 is 2.64 bits per heavy atom. The normalized spacial score (nSPS) is 12.1. The van der Waals surface area contributed by atoms with Gasteiger partial charge in [0.1, 0.15) is 0 Å². The fraction of sp³-hybridized carbons (Fsp3) is 0.364. The van der Waals surface area contributed by atoms with Crippen LogP contribution in [0.1, 0.15) is 18.9 Å². The maximum atomic E-state index is 10.5. The van der Waals surface area contributed by atoms with E-state index < -0.39 is 6.03 Å². The summed E-state index contributed by atoms with van der Waals surface area (Å²) in [5.74, 6) is 0. The second-order valence-corrected chi connectivity index (χ2v) is 3.43. The molecular formula is C11H16N2O. The highest BCUT2D eigenvalue weighted by Crippen LogP contribution is 2.04. The largest absolute Gasteiger partial charge is 0.352 e. The molecule has 0 saturated heterocycles. The third-order valence-electron chi connectivity index (χ3n) is 2.10. The number of nitrogens with two attached hydrogens (primary N) is 1. The number of rotatable bonds is 4. The van der Waals surface area contributed by atoms with E-state index in [2.05, 4.69) is 17.4 Å². The molecule has 0 aliphatic rings. The molecule has 1 rings (SSSR count). The second kappa shape index (κ2) is 5.27. The summed E-state index contributed by atoms with van der Waals surface area (Å²) in [6.45, 7) is 1.95. The Morgan fingerprint density at radius 2 is 2.07 bits per heavy atom. The van der Waals surface area contributed by atoms with Crippen molar-refractivity contribution in [3.05, 3.63) is 35.9 Å². The van der Waals surface area contributed by atoms with E-state index in [0.29, 0.717) is 0 Å². The SMILES string of the molecule is CC(CCc1ccccc1)NC(N)=O. The molecule has 0 radical (unpaired) electrons. The monoisotopic (exact) mass is 192 g/mol. The van der Waals surface area contributed by atoms with E-state index in [1.807, 2.05) is 25.1 Å². The Balaban J connectivity index is 2.30. The van der Waals surface area contributed by atoms with Gasteiger partial charge in [0.25, 0.3) is 0 Å². The van der Waals surface area contributed by atoms with Gasteiger partial charge in [-0.25, -0.2) is 4.79 Å². The van der Waals surface area contributed by atoms with Gasteiger partial charge in [-0.2, -0.15) is 0 Å². The molecule has 3 heteroatoms. The maximum Gasteiger partial charge on any atom is 0.312 e. The fourth-order valence-electron chi connectivity index (χ4n) is 1.34. The predicted octanol–water partition coefficient (Wildman–Crippen LogP) is 1.68. The van der Waals surface area contributed by atoms with Crippen molar-refractivity contribution in [2.75, 3.05) is 0 Å². The van der Waals surface area contributed by atoms with Gasteiger partial charge in [-0.05, 0) is 25.3 Å². The van der Waals surface area contributed by atoms with Gasteiger partial charge in [0.05, 0.1) is 0 Å². The molecule has 0 bridgehead atoms. The lowest BCUT2D eigenvalue weighted by Gasteiger charge is -2.11. The first-order chi connectivity index (χ1) is 6.68. The van der Waals surface area contributed by atoms with Crippen LogP contribution >= 0.6 is 0 Å². The molecule has 0 spiro atoms. The molecule has 76 valence electrons. The molecule has 0 aromatic heterocycles.